The van der Waals surface area contributed by atoms with Gasteiger partial charge in [-0.15, -0.1) is 0 Å². The normalized spacial score (nSPS) is 22.3. The first-order chi connectivity index (χ1) is 10.3. The van der Waals surface area contributed by atoms with Gasteiger partial charge in [-0.05, 0) is 37.4 Å². The Balaban J connectivity index is 1.66. The van der Waals surface area contributed by atoms with Crippen molar-refractivity contribution in [3.63, 3.8) is 0 Å². The first-order valence-corrected chi connectivity index (χ1v) is 7.60. The molecule has 0 aliphatic heterocycles. The summed E-state index contributed by atoms with van der Waals surface area (Å²) in [6.07, 6.45) is 4.75. The number of nitrogens with two attached hydrogens (primary N) is 1. The topological polar surface area (TPSA) is 81.1 Å². The van der Waals surface area contributed by atoms with Crippen LogP contribution in [-0.4, -0.2) is 23.7 Å². The van der Waals surface area contributed by atoms with Crippen LogP contribution in [0.3, 0.4) is 0 Å². The molecule has 5 nitrogen and oxygen atoms in total. The van der Waals surface area contributed by atoms with Gasteiger partial charge in [0.15, 0.2) is 5.58 Å². The minimum absolute atomic E-state index is 0.000553. The summed E-state index contributed by atoms with van der Waals surface area (Å²) in [5.74, 6) is 0.399. The third kappa shape index (κ3) is 3.08. The highest BCUT2D eigenvalue weighted by Crippen LogP contribution is 2.24. The number of hydrogen-bond acceptors (Lipinski definition) is 4. The van der Waals surface area contributed by atoms with Gasteiger partial charge in [-0.2, -0.15) is 0 Å². The lowest BCUT2D eigenvalue weighted by atomic mass is 9.84. The second-order valence-corrected chi connectivity index (χ2v) is 5.76. The second kappa shape index (κ2) is 6.26. The molecule has 21 heavy (non-hydrogen) atoms. The molecule has 0 saturated heterocycles. The summed E-state index contributed by atoms with van der Waals surface area (Å²) in [5.41, 5.74) is 7.22. The molecule has 0 bridgehead atoms. The molecular weight excluding hydrogens is 266 g/mol. The number of fused-ring (bicyclic) bond motifs is 1. The van der Waals surface area contributed by atoms with Gasteiger partial charge in [-0.1, -0.05) is 30.1 Å². The average Bonchev–Trinajstić information content (AvgIpc) is 2.91. The number of benzene rings is 1. The number of nitrogens with one attached hydrogen (secondary N) is 1. The Labute approximate surface area is 123 Å². The van der Waals surface area contributed by atoms with Crippen molar-refractivity contribution in [2.75, 3.05) is 6.54 Å². The summed E-state index contributed by atoms with van der Waals surface area (Å²) >= 11 is 0. The Bertz CT molecular complexity index is 623. The van der Waals surface area contributed by atoms with Crippen molar-refractivity contribution in [3.05, 3.63) is 30.0 Å². The zero-order valence-corrected chi connectivity index (χ0v) is 12.0. The van der Waals surface area contributed by atoms with Crippen molar-refractivity contribution in [2.45, 2.75) is 38.1 Å². The quantitative estimate of drug-likeness (QED) is 0.901. The van der Waals surface area contributed by atoms with Crippen LogP contribution in [-0.2, 0) is 11.2 Å². The SMILES string of the molecule is NCC1CCCCC1NC(=O)Cc1noc2ccccc12. The molecule has 5 heteroatoms. The van der Waals surface area contributed by atoms with Gasteiger partial charge < -0.3 is 15.6 Å². The van der Waals surface area contributed by atoms with Crippen LogP contribution < -0.4 is 11.1 Å². The molecule has 2 atom stereocenters. The largest absolute Gasteiger partial charge is 0.356 e. The Morgan fingerprint density at radius 1 is 1.33 bits per heavy atom. The molecule has 2 aromatic rings. The average molecular weight is 287 g/mol. The molecule has 3 N–H and O–H groups in total. The van der Waals surface area contributed by atoms with Crippen molar-refractivity contribution in [1.82, 2.24) is 10.5 Å². The summed E-state index contributed by atoms with van der Waals surface area (Å²) in [6, 6.07) is 7.81. The van der Waals surface area contributed by atoms with E-state index in [1.54, 1.807) is 0 Å². The minimum atomic E-state index is -0.000553. The smallest absolute Gasteiger partial charge is 0.226 e. The fraction of sp³-hybridized carbons (Fsp3) is 0.500. The Kier molecular flexibility index (Phi) is 4.20. The van der Waals surface area contributed by atoms with Gasteiger partial charge in [0.2, 0.25) is 5.91 Å². The first-order valence-electron chi connectivity index (χ1n) is 7.60. The zero-order valence-electron chi connectivity index (χ0n) is 12.0. The molecule has 1 heterocycles. The Morgan fingerprint density at radius 2 is 2.14 bits per heavy atom. The molecule has 1 fully saturated rings. The number of rotatable bonds is 4. The van der Waals surface area contributed by atoms with E-state index in [0.717, 1.165) is 30.2 Å². The highest BCUT2D eigenvalue weighted by molar-refractivity contribution is 5.86. The van der Waals surface area contributed by atoms with E-state index in [4.69, 9.17) is 10.3 Å². The Hall–Kier alpha value is -1.88. The monoisotopic (exact) mass is 287 g/mol. The van der Waals surface area contributed by atoms with E-state index in [9.17, 15) is 4.79 Å². The van der Waals surface area contributed by atoms with E-state index in [2.05, 4.69) is 10.5 Å². The lowest BCUT2D eigenvalue weighted by Gasteiger charge is -2.31. The zero-order chi connectivity index (χ0) is 14.7. The van der Waals surface area contributed by atoms with Crippen LogP contribution in [0.5, 0.6) is 0 Å². The summed E-state index contributed by atoms with van der Waals surface area (Å²) in [7, 11) is 0. The molecule has 2 unspecified atom stereocenters. The fourth-order valence-corrected chi connectivity index (χ4v) is 3.16. The molecular formula is C16H21N3O2. The van der Waals surface area contributed by atoms with Crippen molar-refractivity contribution in [3.8, 4) is 0 Å². The number of carbonyl (C=O) groups excluding carboxylic acids is 1. The van der Waals surface area contributed by atoms with Crippen LogP contribution in [0.4, 0.5) is 0 Å². The van der Waals surface area contributed by atoms with Crippen LogP contribution >= 0.6 is 0 Å². The lowest BCUT2D eigenvalue weighted by Crippen LogP contribution is -2.45. The first kappa shape index (κ1) is 14.1. The minimum Gasteiger partial charge on any atom is -0.356 e. The van der Waals surface area contributed by atoms with Crippen molar-refractivity contribution in [1.29, 1.82) is 0 Å². The molecule has 1 aliphatic rings. The molecule has 1 aromatic carbocycles. The molecule has 0 radical (unpaired) electrons. The third-order valence-electron chi connectivity index (χ3n) is 4.34. The van der Waals surface area contributed by atoms with Crippen molar-refractivity contribution >= 4 is 16.9 Å². The van der Waals surface area contributed by atoms with Gasteiger partial charge >= 0.3 is 0 Å². The van der Waals surface area contributed by atoms with Gasteiger partial charge in [-0.25, -0.2) is 0 Å². The fourth-order valence-electron chi connectivity index (χ4n) is 3.16. The van der Waals surface area contributed by atoms with Crippen molar-refractivity contribution < 1.29 is 9.32 Å². The summed E-state index contributed by atoms with van der Waals surface area (Å²) in [4.78, 5) is 12.3. The molecule has 1 saturated carbocycles. The maximum atomic E-state index is 12.3. The number of carbonyl (C=O) groups is 1. The highest BCUT2D eigenvalue weighted by atomic mass is 16.5. The summed E-state index contributed by atoms with van der Waals surface area (Å²) < 4.78 is 5.23. The number of amides is 1. The van der Waals surface area contributed by atoms with E-state index >= 15 is 0 Å². The van der Waals surface area contributed by atoms with Gasteiger partial charge in [0.1, 0.15) is 5.69 Å². The van der Waals surface area contributed by atoms with Crippen molar-refractivity contribution in [2.24, 2.45) is 11.7 Å². The predicted octanol–water partition coefficient (Wildman–Crippen LogP) is 2.00. The highest BCUT2D eigenvalue weighted by Gasteiger charge is 2.25. The number of hydrogen-bond donors (Lipinski definition) is 2. The van der Waals surface area contributed by atoms with E-state index in [-0.39, 0.29) is 18.4 Å². The molecule has 1 aromatic heterocycles. The van der Waals surface area contributed by atoms with Crippen LogP contribution in [0, 0.1) is 5.92 Å². The number of para-hydroxylation sites is 1. The predicted molar refractivity (Wildman–Crippen MR) is 80.7 cm³/mol. The molecule has 1 aliphatic carbocycles. The Morgan fingerprint density at radius 3 is 3.00 bits per heavy atom. The maximum Gasteiger partial charge on any atom is 0.226 e. The molecule has 1 amide bonds. The number of aromatic nitrogens is 1. The van der Waals surface area contributed by atoms with Crippen LogP contribution in [0.1, 0.15) is 31.4 Å². The van der Waals surface area contributed by atoms with Crippen LogP contribution in [0.15, 0.2) is 28.8 Å². The van der Waals surface area contributed by atoms with Gasteiger partial charge in [0, 0.05) is 11.4 Å². The molecule has 112 valence electrons. The maximum absolute atomic E-state index is 12.3. The molecule has 3 rings (SSSR count). The van der Waals surface area contributed by atoms with Gasteiger partial charge in [-0.3, -0.25) is 4.79 Å². The van der Waals surface area contributed by atoms with E-state index in [1.807, 2.05) is 24.3 Å². The van der Waals surface area contributed by atoms with Gasteiger partial charge in [0.05, 0.1) is 6.42 Å². The standard InChI is InChI=1S/C16H21N3O2/c17-10-11-5-1-3-7-13(11)18-16(20)9-14-12-6-2-4-8-15(12)21-19-14/h2,4,6,8,11,13H,1,3,5,7,9-10,17H2,(H,18,20). The van der Waals surface area contributed by atoms with Crippen LogP contribution in [0.2, 0.25) is 0 Å². The molecule has 0 spiro atoms. The third-order valence-corrected chi connectivity index (χ3v) is 4.34. The van der Waals surface area contributed by atoms with Gasteiger partial charge in [0.25, 0.3) is 0 Å². The van der Waals surface area contributed by atoms with E-state index < -0.39 is 0 Å². The second-order valence-electron chi connectivity index (χ2n) is 5.76. The van der Waals surface area contributed by atoms with E-state index in [0.29, 0.717) is 18.2 Å². The lowest BCUT2D eigenvalue weighted by molar-refractivity contribution is -0.121. The summed E-state index contributed by atoms with van der Waals surface area (Å²) in [5, 5.41) is 8.04. The van der Waals surface area contributed by atoms with E-state index in [1.165, 1.54) is 6.42 Å². The van der Waals surface area contributed by atoms with Crippen LogP contribution in [0.25, 0.3) is 11.0 Å². The summed E-state index contributed by atoms with van der Waals surface area (Å²) in [6.45, 7) is 0.637. The number of nitrogens with zero attached hydrogens (tertiary/aromatic N) is 1.